The van der Waals surface area contributed by atoms with Crippen LogP contribution >= 0.6 is 0 Å². The highest BCUT2D eigenvalue weighted by atomic mass is 16.6. The van der Waals surface area contributed by atoms with Gasteiger partial charge in [-0.15, -0.1) is 0 Å². The number of nitro benzene ring substituents is 1. The van der Waals surface area contributed by atoms with Crippen molar-refractivity contribution in [3.8, 4) is 0 Å². The largest absolute Gasteiger partial charge is 0.288 e. The van der Waals surface area contributed by atoms with Crippen molar-refractivity contribution in [1.82, 2.24) is 0 Å². The predicted molar refractivity (Wildman–Crippen MR) is 73.4 cm³/mol. The van der Waals surface area contributed by atoms with Gasteiger partial charge in [0.05, 0.1) is 10.9 Å². The summed E-state index contributed by atoms with van der Waals surface area (Å²) < 4.78 is 0. The van der Waals surface area contributed by atoms with E-state index in [1.165, 1.54) is 18.1 Å². The van der Waals surface area contributed by atoms with Crippen LogP contribution in [0.25, 0.3) is 0 Å². The number of nitro groups is 1. The van der Waals surface area contributed by atoms with Crippen LogP contribution in [-0.2, 0) is 0 Å². The maximum atomic E-state index is 12.1. The van der Waals surface area contributed by atoms with Crippen molar-refractivity contribution in [3.63, 3.8) is 0 Å². The molecule has 0 amide bonds. The van der Waals surface area contributed by atoms with Crippen LogP contribution in [0.15, 0.2) is 54.6 Å². The van der Waals surface area contributed by atoms with Crippen molar-refractivity contribution in [2.45, 2.75) is 0 Å². The second-order valence-corrected chi connectivity index (χ2v) is 3.59. The van der Waals surface area contributed by atoms with Crippen molar-refractivity contribution in [2.24, 2.45) is 0 Å². The smallest absolute Gasteiger partial charge is 0.280 e. The summed E-state index contributed by atoms with van der Waals surface area (Å²) in [5, 5.41) is 22.1. The third-order valence-corrected chi connectivity index (χ3v) is 2.38. The molecule has 2 N–H and O–H groups in total. The van der Waals surface area contributed by atoms with Crippen molar-refractivity contribution in [2.75, 3.05) is 0 Å². The van der Waals surface area contributed by atoms with E-state index in [1.807, 2.05) is 0 Å². The number of hydrogen-bond acceptors (Lipinski definition) is 5. The number of ketones is 1. The zero-order valence-electron chi connectivity index (χ0n) is 10.4. The lowest BCUT2D eigenvalue weighted by Gasteiger charge is -2.01. The zero-order chi connectivity index (χ0) is 15.0. The summed E-state index contributed by atoms with van der Waals surface area (Å²) >= 11 is 0. The van der Waals surface area contributed by atoms with Gasteiger partial charge in [0.1, 0.15) is 5.56 Å². The average Bonchev–Trinajstić information content (AvgIpc) is 2.48. The Morgan fingerprint density at radius 2 is 1.50 bits per heavy atom. The molecule has 0 bridgehead atoms. The number of nitrogens with one attached hydrogen (secondary N) is 2. The molecule has 0 heterocycles. The van der Waals surface area contributed by atoms with Gasteiger partial charge in [0.2, 0.25) is 0 Å². The fourth-order valence-electron chi connectivity index (χ4n) is 1.57. The molecular weight excluding hydrogens is 258 g/mol. The standard InChI is InChI=1S/C13H9NO3.CH2N2/c15-13(10-6-2-1-3-7-10)11-8-4-5-9-12(11)14(16)17;2-1-3/h1-9H;2-3H. The number of hydrogen-bond donors (Lipinski definition) is 2. The first-order valence-corrected chi connectivity index (χ1v) is 5.53. The highest BCUT2D eigenvalue weighted by Crippen LogP contribution is 2.20. The molecule has 0 aliphatic heterocycles. The average molecular weight is 269 g/mol. The van der Waals surface area contributed by atoms with E-state index in [2.05, 4.69) is 0 Å². The molecule has 0 atom stereocenters. The number of nitrogens with zero attached hydrogens (tertiary/aromatic N) is 1. The van der Waals surface area contributed by atoms with Crippen LogP contribution < -0.4 is 0 Å². The minimum Gasteiger partial charge on any atom is -0.288 e. The lowest BCUT2D eigenvalue weighted by Crippen LogP contribution is -2.04. The minimum atomic E-state index is -0.545. The van der Waals surface area contributed by atoms with Gasteiger partial charge in [-0.2, -0.15) is 0 Å². The lowest BCUT2D eigenvalue weighted by molar-refractivity contribution is -0.385. The molecule has 6 nitrogen and oxygen atoms in total. The summed E-state index contributed by atoms with van der Waals surface area (Å²) in [6.07, 6.45) is 0. The van der Waals surface area contributed by atoms with Gasteiger partial charge in [0, 0.05) is 11.6 Å². The van der Waals surface area contributed by atoms with Crippen LogP contribution in [0.4, 0.5) is 5.69 Å². The Morgan fingerprint density at radius 1 is 1.00 bits per heavy atom. The Balaban J connectivity index is 0.000000612. The van der Waals surface area contributed by atoms with Crippen molar-refractivity contribution < 1.29 is 9.72 Å². The van der Waals surface area contributed by atoms with E-state index in [-0.39, 0.29) is 17.0 Å². The number of benzene rings is 2. The third-order valence-electron chi connectivity index (χ3n) is 2.38. The first-order chi connectivity index (χ1) is 9.61. The Morgan fingerprint density at radius 3 is 2.05 bits per heavy atom. The van der Waals surface area contributed by atoms with E-state index in [1.54, 1.807) is 42.5 Å². The second-order valence-electron chi connectivity index (χ2n) is 3.59. The molecule has 2 rings (SSSR count). The monoisotopic (exact) mass is 269 g/mol. The Hall–Kier alpha value is -3.11. The maximum absolute atomic E-state index is 12.1. The first kappa shape index (κ1) is 14.9. The number of carbonyl (C=O) groups excluding carboxylic acids is 1. The molecule has 0 unspecified atom stereocenters. The van der Waals surface area contributed by atoms with Gasteiger partial charge in [-0.1, -0.05) is 42.5 Å². The van der Waals surface area contributed by atoms with Crippen LogP contribution in [0, 0.1) is 20.9 Å². The van der Waals surface area contributed by atoms with Crippen molar-refractivity contribution in [1.29, 1.82) is 10.8 Å². The maximum Gasteiger partial charge on any atom is 0.280 e. The van der Waals surface area contributed by atoms with Gasteiger partial charge >= 0.3 is 0 Å². The van der Waals surface area contributed by atoms with Crippen LogP contribution in [0.1, 0.15) is 15.9 Å². The van der Waals surface area contributed by atoms with Crippen molar-refractivity contribution in [3.05, 3.63) is 75.8 Å². The predicted octanol–water partition coefficient (Wildman–Crippen LogP) is 3.14. The molecule has 0 radical (unpaired) electrons. The lowest BCUT2D eigenvalue weighted by atomic mass is 10.0. The van der Waals surface area contributed by atoms with Crippen LogP contribution in [0.5, 0.6) is 0 Å². The molecule has 2 aromatic rings. The number of para-hydroxylation sites is 1. The van der Waals surface area contributed by atoms with E-state index in [9.17, 15) is 14.9 Å². The quantitative estimate of drug-likeness (QED) is 0.386. The highest BCUT2D eigenvalue weighted by Gasteiger charge is 2.19. The zero-order valence-corrected chi connectivity index (χ0v) is 10.4. The molecule has 0 spiro atoms. The SMILES string of the molecule is N=C=N.O=C(c1ccccc1)c1ccccc1[N+](=O)[O-]. The Kier molecular flexibility index (Phi) is 5.50. The molecule has 0 aromatic heterocycles. The minimum absolute atomic E-state index is 0.115. The van der Waals surface area contributed by atoms with Gasteiger partial charge in [-0.05, 0) is 6.07 Å². The molecule has 0 fully saturated rings. The van der Waals surface area contributed by atoms with Gasteiger partial charge in [0.25, 0.3) is 5.69 Å². The van der Waals surface area contributed by atoms with E-state index >= 15 is 0 Å². The molecule has 0 aliphatic carbocycles. The Labute approximate surface area is 114 Å². The summed E-state index contributed by atoms with van der Waals surface area (Å²) in [5.74, 6) is -0.335. The molecule has 6 heteroatoms. The molecule has 20 heavy (non-hydrogen) atoms. The van der Waals surface area contributed by atoms with Crippen LogP contribution in [-0.4, -0.2) is 16.7 Å². The number of carbonyl (C=O) groups is 1. The summed E-state index contributed by atoms with van der Waals surface area (Å²) in [6.45, 7) is 0. The highest BCUT2D eigenvalue weighted by molar-refractivity contribution is 6.11. The van der Waals surface area contributed by atoms with Gasteiger partial charge in [-0.25, -0.2) is 10.8 Å². The first-order valence-electron chi connectivity index (χ1n) is 5.53. The summed E-state index contributed by atoms with van der Waals surface area (Å²) in [6, 6.07) is 15.7. The van der Waals surface area contributed by atoms with E-state index in [0.29, 0.717) is 5.56 Å². The molecule has 0 saturated heterocycles. The summed E-state index contributed by atoms with van der Waals surface area (Å²) in [7, 11) is 0. The fourth-order valence-corrected chi connectivity index (χ4v) is 1.57. The Bertz CT molecular complexity index is 648. The van der Waals surface area contributed by atoms with Crippen LogP contribution in [0.2, 0.25) is 0 Å². The van der Waals surface area contributed by atoms with E-state index in [0.717, 1.165) is 0 Å². The topological polar surface area (TPSA) is 108 Å². The fraction of sp³-hybridized carbons (Fsp3) is 0. The van der Waals surface area contributed by atoms with Crippen LogP contribution in [0.3, 0.4) is 0 Å². The second kappa shape index (κ2) is 7.35. The van der Waals surface area contributed by atoms with Gasteiger partial charge in [0.15, 0.2) is 5.78 Å². The summed E-state index contributed by atoms with van der Waals surface area (Å²) in [5.41, 5.74) is 0.395. The molecule has 100 valence electrons. The third kappa shape index (κ3) is 3.69. The molecule has 0 aliphatic rings. The molecular formula is C14H11N3O3. The summed E-state index contributed by atoms with van der Waals surface area (Å²) in [4.78, 5) is 22.3. The normalized spacial score (nSPS) is 8.80. The molecule has 2 aromatic carbocycles. The molecule has 0 saturated carbocycles. The van der Waals surface area contributed by atoms with Gasteiger partial charge < -0.3 is 0 Å². The van der Waals surface area contributed by atoms with E-state index < -0.39 is 4.92 Å². The number of rotatable bonds is 3. The van der Waals surface area contributed by atoms with Crippen molar-refractivity contribution >= 4 is 17.5 Å². The van der Waals surface area contributed by atoms with Gasteiger partial charge in [-0.3, -0.25) is 14.9 Å². The van der Waals surface area contributed by atoms with E-state index in [4.69, 9.17) is 10.8 Å².